The molecule has 0 bridgehead atoms. The Balaban J connectivity index is 2.50. The highest BCUT2D eigenvalue weighted by atomic mass is 16.4. The van der Waals surface area contributed by atoms with Crippen molar-refractivity contribution in [3.05, 3.63) is 29.5 Å². The Labute approximate surface area is 78.0 Å². The van der Waals surface area contributed by atoms with E-state index in [0.29, 0.717) is 0 Å². The molecule has 1 aliphatic carbocycles. The van der Waals surface area contributed by atoms with Crippen LogP contribution >= 0.6 is 0 Å². The number of fused-ring (bicyclic) bond motifs is 1. The second kappa shape index (κ2) is 2.59. The molecule has 1 aliphatic rings. The zero-order valence-corrected chi connectivity index (χ0v) is 8.16. The SMILES string of the molecule is Cc1nc2c(o1)C=CC(C)(C)C=C2. The maximum atomic E-state index is 5.43. The van der Waals surface area contributed by atoms with Gasteiger partial charge >= 0.3 is 0 Å². The number of hydrogen-bond donors (Lipinski definition) is 0. The molecule has 1 heterocycles. The lowest BCUT2D eigenvalue weighted by atomic mass is 9.93. The van der Waals surface area contributed by atoms with Crippen LogP contribution in [0.4, 0.5) is 0 Å². The van der Waals surface area contributed by atoms with E-state index in [1.165, 1.54) is 0 Å². The topological polar surface area (TPSA) is 26.0 Å². The first-order valence-electron chi connectivity index (χ1n) is 4.43. The fourth-order valence-electron chi connectivity index (χ4n) is 1.34. The van der Waals surface area contributed by atoms with Crippen molar-refractivity contribution >= 4 is 12.2 Å². The van der Waals surface area contributed by atoms with Crippen LogP contribution in [-0.4, -0.2) is 4.98 Å². The van der Waals surface area contributed by atoms with Gasteiger partial charge in [0.1, 0.15) is 5.69 Å². The summed E-state index contributed by atoms with van der Waals surface area (Å²) in [7, 11) is 0. The molecule has 0 fully saturated rings. The molecule has 0 aromatic carbocycles. The van der Waals surface area contributed by atoms with E-state index in [4.69, 9.17) is 4.42 Å². The van der Waals surface area contributed by atoms with Crippen molar-refractivity contribution in [3.8, 4) is 0 Å². The molecule has 0 N–H and O–H groups in total. The Bertz CT molecular complexity index is 349. The molecule has 0 unspecified atom stereocenters. The number of hydrogen-bond acceptors (Lipinski definition) is 2. The summed E-state index contributed by atoms with van der Waals surface area (Å²) < 4.78 is 5.43. The summed E-state index contributed by atoms with van der Waals surface area (Å²) in [4.78, 5) is 4.27. The van der Waals surface area contributed by atoms with Crippen LogP contribution in [0.2, 0.25) is 0 Å². The third kappa shape index (κ3) is 1.57. The number of aryl methyl sites for hydroxylation is 1. The van der Waals surface area contributed by atoms with E-state index < -0.39 is 0 Å². The molecule has 0 aliphatic heterocycles. The third-order valence-electron chi connectivity index (χ3n) is 2.12. The number of allylic oxidation sites excluding steroid dienone is 2. The molecule has 0 atom stereocenters. The molecule has 0 radical (unpaired) electrons. The van der Waals surface area contributed by atoms with Gasteiger partial charge in [0, 0.05) is 12.3 Å². The van der Waals surface area contributed by atoms with Gasteiger partial charge in [-0.1, -0.05) is 26.0 Å². The van der Waals surface area contributed by atoms with Crippen LogP contribution in [0.1, 0.15) is 31.2 Å². The second-order valence-electron chi connectivity index (χ2n) is 3.97. The Kier molecular flexibility index (Phi) is 1.65. The molecule has 13 heavy (non-hydrogen) atoms. The van der Waals surface area contributed by atoms with Crippen LogP contribution < -0.4 is 0 Å². The summed E-state index contributed by atoms with van der Waals surface area (Å²) in [6, 6.07) is 0. The minimum Gasteiger partial charge on any atom is -0.441 e. The fourth-order valence-corrected chi connectivity index (χ4v) is 1.34. The molecule has 0 saturated carbocycles. The molecule has 0 saturated heterocycles. The van der Waals surface area contributed by atoms with Crippen molar-refractivity contribution in [1.82, 2.24) is 4.98 Å². The zero-order chi connectivity index (χ0) is 9.47. The zero-order valence-electron chi connectivity index (χ0n) is 8.16. The van der Waals surface area contributed by atoms with Crippen molar-refractivity contribution < 1.29 is 4.42 Å². The minimum absolute atomic E-state index is 0.0944. The Morgan fingerprint density at radius 3 is 2.69 bits per heavy atom. The normalized spacial score (nSPS) is 18.4. The third-order valence-corrected chi connectivity index (χ3v) is 2.12. The highest BCUT2D eigenvalue weighted by Gasteiger charge is 2.15. The summed E-state index contributed by atoms with van der Waals surface area (Å²) >= 11 is 0. The van der Waals surface area contributed by atoms with Crippen molar-refractivity contribution in [1.29, 1.82) is 0 Å². The van der Waals surface area contributed by atoms with Crippen molar-refractivity contribution in [2.45, 2.75) is 20.8 Å². The number of oxazole rings is 1. The second-order valence-corrected chi connectivity index (χ2v) is 3.97. The Hall–Kier alpha value is -1.31. The van der Waals surface area contributed by atoms with Gasteiger partial charge < -0.3 is 4.42 Å². The molecule has 2 rings (SSSR count). The van der Waals surface area contributed by atoms with Gasteiger partial charge in [0.25, 0.3) is 0 Å². The van der Waals surface area contributed by atoms with Crippen LogP contribution in [0.25, 0.3) is 12.2 Å². The molecule has 1 aromatic rings. The molecule has 68 valence electrons. The predicted octanol–water partition coefficient (Wildman–Crippen LogP) is 3.05. The van der Waals surface area contributed by atoms with E-state index in [9.17, 15) is 0 Å². The largest absolute Gasteiger partial charge is 0.441 e. The highest BCUT2D eigenvalue weighted by Crippen LogP contribution is 2.27. The maximum Gasteiger partial charge on any atom is 0.192 e. The molecule has 2 nitrogen and oxygen atoms in total. The van der Waals surface area contributed by atoms with Gasteiger partial charge in [-0.25, -0.2) is 4.98 Å². The monoisotopic (exact) mass is 175 g/mol. The van der Waals surface area contributed by atoms with Crippen LogP contribution in [0.3, 0.4) is 0 Å². The smallest absolute Gasteiger partial charge is 0.192 e. The van der Waals surface area contributed by atoms with Crippen molar-refractivity contribution in [2.75, 3.05) is 0 Å². The molecule has 1 aromatic heterocycles. The highest BCUT2D eigenvalue weighted by molar-refractivity contribution is 5.62. The van der Waals surface area contributed by atoms with Crippen LogP contribution in [0.15, 0.2) is 16.6 Å². The summed E-state index contributed by atoms with van der Waals surface area (Å²) in [6.45, 7) is 6.17. The summed E-state index contributed by atoms with van der Waals surface area (Å²) in [5.74, 6) is 1.58. The van der Waals surface area contributed by atoms with Gasteiger partial charge in [0.05, 0.1) is 0 Å². The molecule has 0 amide bonds. The van der Waals surface area contributed by atoms with Gasteiger partial charge in [-0.05, 0) is 12.2 Å². The minimum atomic E-state index is 0.0944. The summed E-state index contributed by atoms with van der Waals surface area (Å²) in [6.07, 6.45) is 8.28. The van der Waals surface area contributed by atoms with E-state index in [1.807, 2.05) is 19.1 Å². The van der Waals surface area contributed by atoms with Gasteiger partial charge in [0.15, 0.2) is 11.7 Å². The van der Waals surface area contributed by atoms with Gasteiger partial charge in [-0.2, -0.15) is 0 Å². The van der Waals surface area contributed by atoms with Gasteiger partial charge in [-0.15, -0.1) is 0 Å². The lowest BCUT2D eigenvalue weighted by Crippen LogP contribution is -2.00. The van der Waals surface area contributed by atoms with E-state index >= 15 is 0 Å². The number of aromatic nitrogens is 1. The van der Waals surface area contributed by atoms with E-state index in [2.05, 4.69) is 31.0 Å². The van der Waals surface area contributed by atoms with Crippen LogP contribution in [-0.2, 0) is 0 Å². The standard InChI is InChI=1S/C11H13NO/c1-8-12-9-4-6-11(2,3)7-5-10(9)13-8/h4-7H,1-3H3. The molecule has 0 spiro atoms. The average Bonchev–Trinajstić information content (AvgIpc) is 2.34. The van der Waals surface area contributed by atoms with E-state index in [0.717, 1.165) is 17.3 Å². The number of rotatable bonds is 0. The molecular formula is C11H13NO. The number of nitrogens with zero attached hydrogens (tertiary/aromatic N) is 1. The summed E-state index contributed by atoms with van der Waals surface area (Å²) in [5, 5.41) is 0. The molecule has 2 heteroatoms. The van der Waals surface area contributed by atoms with Crippen molar-refractivity contribution in [3.63, 3.8) is 0 Å². The quantitative estimate of drug-likeness (QED) is 0.605. The maximum absolute atomic E-state index is 5.43. The van der Waals surface area contributed by atoms with E-state index in [-0.39, 0.29) is 5.41 Å². The van der Waals surface area contributed by atoms with Crippen LogP contribution in [0, 0.1) is 12.3 Å². The predicted molar refractivity (Wildman–Crippen MR) is 53.1 cm³/mol. The lowest BCUT2D eigenvalue weighted by Gasteiger charge is -2.11. The van der Waals surface area contributed by atoms with Crippen LogP contribution in [0.5, 0.6) is 0 Å². The lowest BCUT2D eigenvalue weighted by molar-refractivity contribution is 0.512. The van der Waals surface area contributed by atoms with E-state index in [1.54, 1.807) is 0 Å². The average molecular weight is 175 g/mol. The fraction of sp³-hybridized carbons (Fsp3) is 0.364. The first-order chi connectivity index (χ1) is 6.07. The molecular weight excluding hydrogens is 162 g/mol. The van der Waals surface area contributed by atoms with Gasteiger partial charge in [-0.3, -0.25) is 0 Å². The summed E-state index contributed by atoms with van der Waals surface area (Å²) in [5.41, 5.74) is 1.02. The van der Waals surface area contributed by atoms with Gasteiger partial charge in [0.2, 0.25) is 0 Å². The first-order valence-corrected chi connectivity index (χ1v) is 4.43. The first kappa shape index (κ1) is 8.30. The van der Waals surface area contributed by atoms with Crippen molar-refractivity contribution in [2.24, 2.45) is 5.41 Å². The Morgan fingerprint density at radius 1 is 1.23 bits per heavy atom. The Morgan fingerprint density at radius 2 is 1.92 bits per heavy atom.